The van der Waals surface area contributed by atoms with E-state index in [0.717, 1.165) is 6.54 Å². The lowest BCUT2D eigenvalue weighted by Gasteiger charge is -2.34. The van der Waals surface area contributed by atoms with Crippen LogP contribution in [0.2, 0.25) is 0 Å². The molecule has 5 nitrogen and oxygen atoms in total. The fourth-order valence-corrected chi connectivity index (χ4v) is 2.19. The van der Waals surface area contributed by atoms with E-state index in [0.29, 0.717) is 6.61 Å². The van der Waals surface area contributed by atoms with Crippen LogP contribution in [0.25, 0.3) is 0 Å². The standard InChI is InChI=1S/C13H29NO4/c1-10(11(16-5)8-14(2)3)13(18-7)12(17-6)9-15-4/h10-13H,8-9H2,1-7H3/t10-,11+,12-,13+/m1/s1. The Bertz CT molecular complexity index is 201. The van der Waals surface area contributed by atoms with E-state index in [1.165, 1.54) is 0 Å². The summed E-state index contributed by atoms with van der Waals surface area (Å²) in [7, 11) is 10.8. The summed E-state index contributed by atoms with van der Waals surface area (Å²) in [6.07, 6.45) is -0.0471. The molecule has 0 heterocycles. The molecule has 0 aliphatic heterocycles. The summed E-state index contributed by atoms with van der Waals surface area (Å²) in [6, 6.07) is 0. The number of likely N-dealkylation sites (N-methyl/N-ethyl adjacent to an activating group) is 1. The highest BCUT2D eigenvalue weighted by molar-refractivity contribution is 4.82. The Morgan fingerprint density at radius 1 is 0.889 bits per heavy atom. The highest BCUT2D eigenvalue weighted by atomic mass is 16.6. The SMILES string of the molecule is COC[C@@H](OC)[C@@H](OC)[C@H](C)[C@H](CN(C)C)OC. The van der Waals surface area contributed by atoms with Crippen molar-refractivity contribution in [3.05, 3.63) is 0 Å². The Hall–Kier alpha value is -0.200. The topological polar surface area (TPSA) is 40.2 Å². The van der Waals surface area contributed by atoms with Gasteiger partial charge in [0, 0.05) is 40.9 Å². The van der Waals surface area contributed by atoms with E-state index < -0.39 is 0 Å². The van der Waals surface area contributed by atoms with Crippen molar-refractivity contribution in [1.82, 2.24) is 4.90 Å². The van der Waals surface area contributed by atoms with Gasteiger partial charge < -0.3 is 23.8 Å². The zero-order valence-corrected chi connectivity index (χ0v) is 12.8. The molecule has 0 aromatic rings. The molecule has 5 heteroatoms. The van der Waals surface area contributed by atoms with Crippen LogP contribution in [-0.2, 0) is 18.9 Å². The number of rotatable bonds is 10. The predicted molar refractivity (Wildman–Crippen MR) is 72.0 cm³/mol. The Balaban J connectivity index is 4.67. The van der Waals surface area contributed by atoms with Crippen molar-refractivity contribution in [3.8, 4) is 0 Å². The molecule has 0 aliphatic rings. The number of ether oxygens (including phenoxy) is 4. The molecule has 0 aromatic carbocycles. The van der Waals surface area contributed by atoms with Crippen LogP contribution in [0.15, 0.2) is 0 Å². The third-order valence-corrected chi connectivity index (χ3v) is 3.22. The molecule has 4 atom stereocenters. The van der Waals surface area contributed by atoms with Crippen molar-refractivity contribution in [2.75, 3.05) is 55.7 Å². The molecule has 0 saturated carbocycles. The smallest absolute Gasteiger partial charge is 0.107 e. The largest absolute Gasteiger partial charge is 0.382 e. The molecule has 0 fully saturated rings. The molecule has 0 N–H and O–H groups in total. The summed E-state index contributed by atoms with van der Waals surface area (Å²) in [6.45, 7) is 3.48. The van der Waals surface area contributed by atoms with Crippen molar-refractivity contribution in [3.63, 3.8) is 0 Å². The number of hydrogen-bond acceptors (Lipinski definition) is 5. The fourth-order valence-electron chi connectivity index (χ4n) is 2.19. The zero-order chi connectivity index (χ0) is 14.1. The molecule has 18 heavy (non-hydrogen) atoms. The van der Waals surface area contributed by atoms with Crippen LogP contribution in [0, 0.1) is 5.92 Å². The minimum Gasteiger partial charge on any atom is -0.382 e. The molecule has 0 aromatic heterocycles. The normalized spacial score (nSPS) is 18.7. The molecular formula is C13H29NO4. The first-order chi connectivity index (χ1) is 8.51. The van der Waals surface area contributed by atoms with Crippen LogP contribution in [0.5, 0.6) is 0 Å². The minimum atomic E-state index is -0.0881. The average molecular weight is 263 g/mol. The Morgan fingerprint density at radius 2 is 1.44 bits per heavy atom. The second kappa shape index (κ2) is 9.69. The summed E-state index contributed by atoms with van der Waals surface area (Å²) < 4.78 is 21.8. The lowest BCUT2D eigenvalue weighted by Crippen LogP contribution is -2.46. The van der Waals surface area contributed by atoms with Crippen molar-refractivity contribution in [2.24, 2.45) is 5.92 Å². The first-order valence-electron chi connectivity index (χ1n) is 6.23. The van der Waals surface area contributed by atoms with E-state index in [1.54, 1.807) is 28.4 Å². The first-order valence-corrected chi connectivity index (χ1v) is 6.23. The third kappa shape index (κ3) is 5.63. The van der Waals surface area contributed by atoms with E-state index in [1.807, 2.05) is 14.1 Å². The van der Waals surface area contributed by atoms with Gasteiger partial charge in [-0.1, -0.05) is 6.92 Å². The van der Waals surface area contributed by atoms with Crippen LogP contribution < -0.4 is 0 Å². The summed E-state index contributed by atoms with van der Waals surface area (Å²) in [4.78, 5) is 2.11. The van der Waals surface area contributed by atoms with Gasteiger partial charge >= 0.3 is 0 Å². The van der Waals surface area contributed by atoms with Crippen molar-refractivity contribution < 1.29 is 18.9 Å². The highest BCUT2D eigenvalue weighted by Crippen LogP contribution is 2.20. The molecule has 0 saturated heterocycles. The maximum absolute atomic E-state index is 5.58. The Kier molecular flexibility index (Phi) is 9.59. The van der Waals surface area contributed by atoms with Crippen molar-refractivity contribution in [1.29, 1.82) is 0 Å². The van der Waals surface area contributed by atoms with Crippen LogP contribution in [0.1, 0.15) is 6.92 Å². The predicted octanol–water partition coefficient (Wildman–Crippen LogP) is 0.876. The van der Waals surface area contributed by atoms with E-state index in [9.17, 15) is 0 Å². The zero-order valence-electron chi connectivity index (χ0n) is 12.8. The van der Waals surface area contributed by atoms with E-state index in [2.05, 4.69) is 11.8 Å². The monoisotopic (exact) mass is 263 g/mol. The van der Waals surface area contributed by atoms with Crippen LogP contribution in [0.4, 0.5) is 0 Å². The first kappa shape index (κ1) is 17.8. The molecule has 0 bridgehead atoms. The number of methoxy groups -OCH3 is 4. The van der Waals surface area contributed by atoms with Gasteiger partial charge in [0.05, 0.1) is 18.8 Å². The second-order valence-corrected chi connectivity index (χ2v) is 4.83. The van der Waals surface area contributed by atoms with E-state index >= 15 is 0 Å². The fraction of sp³-hybridized carbons (Fsp3) is 1.00. The maximum atomic E-state index is 5.58. The summed E-state index contributed by atoms with van der Waals surface area (Å²) in [5.74, 6) is 0.211. The number of nitrogens with zero attached hydrogens (tertiary/aromatic N) is 1. The Labute approximate surface area is 111 Å². The van der Waals surface area contributed by atoms with Gasteiger partial charge in [0.1, 0.15) is 6.10 Å². The van der Waals surface area contributed by atoms with E-state index in [-0.39, 0.29) is 24.2 Å². The van der Waals surface area contributed by atoms with Crippen LogP contribution >= 0.6 is 0 Å². The third-order valence-electron chi connectivity index (χ3n) is 3.22. The molecule has 0 rings (SSSR count). The second-order valence-electron chi connectivity index (χ2n) is 4.83. The Morgan fingerprint density at radius 3 is 1.78 bits per heavy atom. The average Bonchev–Trinajstić information content (AvgIpc) is 2.35. The van der Waals surface area contributed by atoms with Gasteiger partial charge in [0.2, 0.25) is 0 Å². The molecule has 110 valence electrons. The number of hydrogen-bond donors (Lipinski definition) is 0. The van der Waals surface area contributed by atoms with Gasteiger partial charge in [-0.25, -0.2) is 0 Å². The van der Waals surface area contributed by atoms with Gasteiger partial charge in [0.15, 0.2) is 0 Å². The molecule has 0 aliphatic carbocycles. The molecule has 0 spiro atoms. The van der Waals surface area contributed by atoms with Crippen molar-refractivity contribution in [2.45, 2.75) is 25.2 Å². The maximum Gasteiger partial charge on any atom is 0.107 e. The van der Waals surface area contributed by atoms with Crippen LogP contribution in [-0.4, -0.2) is 78.9 Å². The lowest BCUT2D eigenvalue weighted by atomic mass is 9.93. The van der Waals surface area contributed by atoms with Gasteiger partial charge in [-0.3, -0.25) is 0 Å². The molecule has 0 unspecified atom stereocenters. The van der Waals surface area contributed by atoms with Crippen molar-refractivity contribution >= 4 is 0 Å². The summed E-state index contributed by atoms with van der Waals surface area (Å²) >= 11 is 0. The lowest BCUT2D eigenvalue weighted by molar-refractivity contribution is -0.115. The van der Waals surface area contributed by atoms with Gasteiger partial charge in [-0.05, 0) is 14.1 Å². The summed E-state index contributed by atoms with van der Waals surface area (Å²) in [5, 5.41) is 0. The van der Waals surface area contributed by atoms with Gasteiger partial charge in [0.25, 0.3) is 0 Å². The molecule has 0 radical (unpaired) electrons. The van der Waals surface area contributed by atoms with E-state index in [4.69, 9.17) is 18.9 Å². The molecule has 0 amide bonds. The molecular weight excluding hydrogens is 234 g/mol. The summed E-state index contributed by atoms with van der Waals surface area (Å²) in [5.41, 5.74) is 0. The quantitative estimate of drug-likeness (QED) is 0.585. The van der Waals surface area contributed by atoms with Gasteiger partial charge in [-0.2, -0.15) is 0 Å². The highest BCUT2D eigenvalue weighted by Gasteiger charge is 2.32. The minimum absolute atomic E-state index is 0.0557. The van der Waals surface area contributed by atoms with Gasteiger partial charge in [-0.15, -0.1) is 0 Å². The van der Waals surface area contributed by atoms with Crippen LogP contribution in [0.3, 0.4) is 0 Å².